The van der Waals surface area contributed by atoms with Crippen molar-refractivity contribution >= 4 is 5.91 Å². The molecule has 4 N–H and O–H groups in total. The third-order valence-electron chi connectivity index (χ3n) is 4.98. The highest BCUT2D eigenvalue weighted by Crippen LogP contribution is 2.19. The molecule has 0 heterocycles. The van der Waals surface area contributed by atoms with Gasteiger partial charge in [-0.2, -0.15) is 0 Å². The van der Waals surface area contributed by atoms with E-state index in [1.54, 1.807) is 0 Å². The Hall–Kier alpha value is -2.35. The Morgan fingerprint density at radius 2 is 1.80 bits per heavy atom. The Kier molecular flexibility index (Phi) is 9.36. The Bertz CT molecular complexity index is 812. The van der Waals surface area contributed by atoms with Crippen LogP contribution in [0.15, 0.2) is 42.5 Å². The third kappa shape index (κ3) is 7.48. The summed E-state index contributed by atoms with van der Waals surface area (Å²) in [5.74, 6) is -1.77. The molecule has 0 aliphatic carbocycles. The van der Waals surface area contributed by atoms with Crippen LogP contribution in [0.5, 0.6) is 0 Å². The van der Waals surface area contributed by atoms with Gasteiger partial charge in [-0.3, -0.25) is 4.79 Å². The summed E-state index contributed by atoms with van der Waals surface area (Å²) in [7, 11) is 0. The summed E-state index contributed by atoms with van der Waals surface area (Å²) < 4.78 is 27.0. The fraction of sp³-hybridized carbons (Fsp3) is 0.435. The lowest BCUT2D eigenvalue weighted by atomic mass is 9.98. The lowest BCUT2D eigenvalue weighted by Crippen LogP contribution is -2.48. The molecular formula is C23H30F2N2O3. The maximum absolute atomic E-state index is 13.5. The third-order valence-corrected chi connectivity index (χ3v) is 4.98. The van der Waals surface area contributed by atoms with Crippen LogP contribution in [0.4, 0.5) is 8.78 Å². The Morgan fingerprint density at radius 3 is 2.40 bits per heavy atom. The van der Waals surface area contributed by atoms with Crippen molar-refractivity contribution in [3.05, 3.63) is 70.8 Å². The highest BCUT2D eigenvalue weighted by atomic mass is 19.1. The number of carbonyl (C=O) groups is 1. The van der Waals surface area contributed by atoms with Gasteiger partial charge in [-0.05, 0) is 48.1 Å². The van der Waals surface area contributed by atoms with Crippen molar-refractivity contribution in [3.63, 3.8) is 0 Å². The van der Waals surface area contributed by atoms with Crippen LogP contribution in [-0.2, 0) is 17.6 Å². The standard InChI is InChI=1S/C23H30F2N2O3/c1-3-16-5-4-6-18(9-16)21(7-8-28)26-14-23(30)22(27-15(2)29)12-17-10-19(24)13-20(25)11-17/h4-6,9-11,13,21-23,26,28,30H,3,7-8,12,14H2,1-2H3,(H,27,29). The number of aliphatic hydroxyl groups excluding tert-OH is 2. The number of hydrogen-bond donors (Lipinski definition) is 4. The molecule has 0 radical (unpaired) electrons. The van der Waals surface area contributed by atoms with E-state index >= 15 is 0 Å². The van der Waals surface area contributed by atoms with Crippen LogP contribution in [-0.4, -0.2) is 41.4 Å². The van der Waals surface area contributed by atoms with Crippen molar-refractivity contribution in [2.75, 3.05) is 13.2 Å². The maximum atomic E-state index is 13.5. The average Bonchev–Trinajstić information content (AvgIpc) is 2.69. The van der Waals surface area contributed by atoms with Gasteiger partial charge in [0.25, 0.3) is 0 Å². The molecule has 5 nitrogen and oxygen atoms in total. The van der Waals surface area contributed by atoms with Gasteiger partial charge in [-0.25, -0.2) is 8.78 Å². The van der Waals surface area contributed by atoms with Crippen molar-refractivity contribution in [3.8, 4) is 0 Å². The largest absolute Gasteiger partial charge is 0.396 e. The van der Waals surface area contributed by atoms with Crippen LogP contribution >= 0.6 is 0 Å². The van der Waals surface area contributed by atoms with Crippen LogP contribution < -0.4 is 10.6 Å². The fourth-order valence-electron chi connectivity index (χ4n) is 3.48. The van der Waals surface area contributed by atoms with Crippen molar-refractivity contribution in [1.29, 1.82) is 0 Å². The number of carbonyl (C=O) groups excluding carboxylic acids is 1. The van der Waals surface area contributed by atoms with Crippen molar-refractivity contribution < 1.29 is 23.8 Å². The predicted octanol–water partition coefficient (Wildman–Crippen LogP) is 2.65. The summed E-state index contributed by atoms with van der Waals surface area (Å²) in [6, 6.07) is 10.2. The van der Waals surface area contributed by atoms with Crippen molar-refractivity contribution in [2.24, 2.45) is 0 Å². The van der Waals surface area contributed by atoms with E-state index in [9.17, 15) is 23.8 Å². The van der Waals surface area contributed by atoms with Gasteiger partial charge in [0, 0.05) is 32.2 Å². The quantitative estimate of drug-likeness (QED) is 0.451. The summed E-state index contributed by atoms with van der Waals surface area (Å²) in [5.41, 5.74) is 2.51. The molecule has 2 aromatic rings. The van der Waals surface area contributed by atoms with Crippen LogP contribution in [0.2, 0.25) is 0 Å². The van der Waals surface area contributed by atoms with Gasteiger partial charge in [0.1, 0.15) is 11.6 Å². The van der Waals surface area contributed by atoms with Crippen LogP contribution in [0.25, 0.3) is 0 Å². The number of nitrogens with one attached hydrogen (secondary N) is 2. The van der Waals surface area contributed by atoms with E-state index in [1.807, 2.05) is 18.2 Å². The monoisotopic (exact) mass is 420 g/mol. The zero-order valence-corrected chi connectivity index (χ0v) is 17.4. The van der Waals surface area contributed by atoms with Gasteiger partial charge in [-0.1, -0.05) is 31.2 Å². The van der Waals surface area contributed by atoms with Crippen LogP contribution in [0.1, 0.15) is 43.0 Å². The van der Waals surface area contributed by atoms with E-state index in [2.05, 4.69) is 23.6 Å². The van der Waals surface area contributed by atoms with E-state index < -0.39 is 23.8 Å². The Balaban J connectivity index is 2.10. The first-order chi connectivity index (χ1) is 14.3. The molecule has 0 aliphatic heterocycles. The van der Waals surface area contributed by atoms with Gasteiger partial charge >= 0.3 is 0 Å². The van der Waals surface area contributed by atoms with E-state index in [0.29, 0.717) is 12.0 Å². The minimum Gasteiger partial charge on any atom is -0.396 e. The van der Waals surface area contributed by atoms with Crippen LogP contribution in [0, 0.1) is 11.6 Å². The number of aliphatic hydroxyl groups is 2. The lowest BCUT2D eigenvalue weighted by Gasteiger charge is -2.27. The summed E-state index contributed by atoms with van der Waals surface area (Å²) in [5, 5.41) is 26.0. The van der Waals surface area contributed by atoms with E-state index in [0.717, 1.165) is 18.1 Å². The average molecular weight is 421 g/mol. The van der Waals surface area contributed by atoms with E-state index in [-0.39, 0.29) is 31.5 Å². The zero-order chi connectivity index (χ0) is 22.1. The second-order valence-corrected chi connectivity index (χ2v) is 7.43. The smallest absolute Gasteiger partial charge is 0.217 e. The number of benzene rings is 2. The summed E-state index contributed by atoms with van der Waals surface area (Å²) in [6.45, 7) is 3.49. The summed E-state index contributed by atoms with van der Waals surface area (Å²) in [6.07, 6.45) is 0.417. The molecule has 0 fully saturated rings. The van der Waals surface area contributed by atoms with Crippen molar-refractivity contribution in [2.45, 2.75) is 51.3 Å². The molecule has 2 aromatic carbocycles. The Morgan fingerprint density at radius 1 is 1.10 bits per heavy atom. The predicted molar refractivity (Wildman–Crippen MR) is 112 cm³/mol. The number of hydrogen-bond acceptors (Lipinski definition) is 4. The number of rotatable bonds is 11. The normalized spacial score (nSPS) is 14.2. The highest BCUT2D eigenvalue weighted by Gasteiger charge is 2.23. The molecule has 1 amide bonds. The maximum Gasteiger partial charge on any atom is 0.217 e. The van der Waals surface area contributed by atoms with Gasteiger partial charge in [0.05, 0.1) is 12.1 Å². The molecule has 0 aromatic heterocycles. The molecule has 0 spiro atoms. The summed E-state index contributed by atoms with van der Waals surface area (Å²) in [4.78, 5) is 11.6. The number of halogens is 2. The topological polar surface area (TPSA) is 81.6 Å². The second-order valence-electron chi connectivity index (χ2n) is 7.43. The van der Waals surface area contributed by atoms with Gasteiger partial charge in [-0.15, -0.1) is 0 Å². The molecule has 0 bridgehead atoms. The minimum absolute atomic E-state index is 0.0260. The summed E-state index contributed by atoms with van der Waals surface area (Å²) >= 11 is 0. The molecule has 3 unspecified atom stereocenters. The first-order valence-electron chi connectivity index (χ1n) is 10.2. The first-order valence-corrected chi connectivity index (χ1v) is 10.2. The number of aryl methyl sites for hydroxylation is 1. The molecular weight excluding hydrogens is 390 g/mol. The lowest BCUT2D eigenvalue weighted by molar-refractivity contribution is -0.120. The highest BCUT2D eigenvalue weighted by molar-refractivity contribution is 5.73. The molecule has 0 saturated carbocycles. The zero-order valence-electron chi connectivity index (χ0n) is 17.4. The van der Waals surface area contributed by atoms with Gasteiger partial charge in [0.2, 0.25) is 5.91 Å². The molecule has 2 rings (SSSR count). The number of amides is 1. The minimum atomic E-state index is -1.00. The van der Waals surface area contributed by atoms with Crippen molar-refractivity contribution in [1.82, 2.24) is 10.6 Å². The van der Waals surface area contributed by atoms with E-state index in [4.69, 9.17) is 0 Å². The van der Waals surface area contributed by atoms with Gasteiger partial charge in [0.15, 0.2) is 0 Å². The molecule has 7 heteroatoms. The molecule has 3 atom stereocenters. The SMILES string of the molecule is CCc1cccc(C(CCO)NCC(O)C(Cc2cc(F)cc(F)c2)NC(C)=O)c1. The van der Waals surface area contributed by atoms with Gasteiger partial charge < -0.3 is 20.8 Å². The Labute approximate surface area is 176 Å². The first kappa shape index (κ1) is 23.9. The second kappa shape index (κ2) is 11.7. The van der Waals surface area contributed by atoms with E-state index in [1.165, 1.54) is 24.6 Å². The molecule has 164 valence electrons. The van der Waals surface area contributed by atoms with Crippen LogP contribution in [0.3, 0.4) is 0 Å². The molecule has 0 saturated heterocycles. The molecule has 0 aliphatic rings. The molecule has 30 heavy (non-hydrogen) atoms. The fourth-order valence-corrected chi connectivity index (χ4v) is 3.48.